The molecule has 39 heavy (non-hydrogen) atoms. The van der Waals surface area contributed by atoms with E-state index >= 15 is 0 Å². The first-order valence-electron chi connectivity index (χ1n) is 11.8. The molecule has 0 radical (unpaired) electrons. The summed E-state index contributed by atoms with van der Waals surface area (Å²) in [5, 5.41) is 20.2. The number of carbonyl (C=O) groups is 1. The van der Waals surface area contributed by atoms with Gasteiger partial charge < -0.3 is 9.84 Å². The van der Waals surface area contributed by atoms with E-state index in [1.165, 1.54) is 34.4 Å². The number of ether oxygens (including phenoxy) is 1. The van der Waals surface area contributed by atoms with Crippen LogP contribution in [0.4, 0.5) is 8.78 Å². The number of aliphatic hydroxyl groups is 1. The predicted octanol–water partition coefficient (Wildman–Crippen LogP) is 4.64. The third kappa shape index (κ3) is 5.24. The average molecular weight is 549 g/mol. The second-order valence-electron chi connectivity index (χ2n) is 8.79. The maximum atomic E-state index is 14.9. The Labute approximate surface area is 226 Å². The van der Waals surface area contributed by atoms with Crippen LogP contribution in [0.1, 0.15) is 28.9 Å². The van der Waals surface area contributed by atoms with Crippen molar-refractivity contribution < 1.29 is 23.4 Å². The number of hydrogen-bond donors (Lipinski definition) is 1. The SMILES string of the molecule is CC(n1ncn(-c2ccc(OC(=O)c3ccccc3)cc2)c1=S)C(O)(Cn1cncn1)c1ccc(F)cc1F. The number of benzene rings is 3. The molecule has 3 aromatic carbocycles. The fourth-order valence-corrected chi connectivity index (χ4v) is 4.58. The van der Waals surface area contributed by atoms with E-state index in [-0.39, 0.29) is 16.9 Å². The highest BCUT2D eigenvalue weighted by Crippen LogP contribution is 2.36. The molecule has 198 valence electrons. The average Bonchev–Trinajstić information content (AvgIpc) is 3.58. The molecule has 0 saturated heterocycles. The van der Waals surface area contributed by atoms with Crippen molar-refractivity contribution in [3.8, 4) is 11.4 Å². The van der Waals surface area contributed by atoms with Gasteiger partial charge in [0.1, 0.15) is 42.0 Å². The Morgan fingerprint density at radius 3 is 2.46 bits per heavy atom. The summed E-state index contributed by atoms with van der Waals surface area (Å²) in [6, 6.07) is 17.3. The third-order valence-electron chi connectivity index (χ3n) is 6.35. The second kappa shape index (κ2) is 10.7. The predicted molar refractivity (Wildman–Crippen MR) is 139 cm³/mol. The molecule has 5 rings (SSSR count). The van der Waals surface area contributed by atoms with E-state index in [4.69, 9.17) is 17.0 Å². The van der Waals surface area contributed by atoms with Gasteiger partial charge in [-0.15, -0.1) is 0 Å². The molecular formula is C27H22F2N6O3S. The van der Waals surface area contributed by atoms with Crippen LogP contribution in [0.5, 0.6) is 5.75 Å². The van der Waals surface area contributed by atoms with Crippen molar-refractivity contribution >= 4 is 18.2 Å². The van der Waals surface area contributed by atoms with E-state index in [1.54, 1.807) is 60.0 Å². The van der Waals surface area contributed by atoms with Crippen LogP contribution in [-0.4, -0.2) is 40.2 Å². The summed E-state index contributed by atoms with van der Waals surface area (Å²) in [5.41, 5.74) is -1.04. The van der Waals surface area contributed by atoms with Gasteiger partial charge >= 0.3 is 5.97 Å². The third-order valence-corrected chi connectivity index (χ3v) is 6.74. The van der Waals surface area contributed by atoms with Gasteiger partial charge in [-0.3, -0.25) is 4.57 Å². The molecule has 2 atom stereocenters. The van der Waals surface area contributed by atoms with Crippen LogP contribution in [0.2, 0.25) is 0 Å². The number of esters is 1. The van der Waals surface area contributed by atoms with E-state index in [1.807, 2.05) is 6.07 Å². The minimum Gasteiger partial charge on any atom is -0.423 e. The first-order valence-corrected chi connectivity index (χ1v) is 12.2. The lowest BCUT2D eigenvalue weighted by atomic mass is 9.86. The molecule has 0 bridgehead atoms. The zero-order chi connectivity index (χ0) is 27.6. The zero-order valence-electron chi connectivity index (χ0n) is 20.6. The van der Waals surface area contributed by atoms with Crippen LogP contribution in [0.25, 0.3) is 5.69 Å². The highest BCUT2D eigenvalue weighted by atomic mass is 32.1. The van der Waals surface area contributed by atoms with E-state index in [9.17, 15) is 18.7 Å². The number of rotatable bonds is 8. The Kier molecular flexibility index (Phi) is 7.13. The summed E-state index contributed by atoms with van der Waals surface area (Å²) in [5.74, 6) is -1.84. The van der Waals surface area contributed by atoms with E-state index in [0.717, 1.165) is 6.07 Å². The van der Waals surface area contributed by atoms with Gasteiger partial charge in [0, 0.05) is 17.3 Å². The zero-order valence-corrected chi connectivity index (χ0v) is 21.4. The van der Waals surface area contributed by atoms with Crippen LogP contribution in [-0.2, 0) is 12.1 Å². The molecule has 5 aromatic rings. The summed E-state index contributed by atoms with van der Waals surface area (Å²) >= 11 is 5.65. The molecule has 9 nitrogen and oxygen atoms in total. The minimum absolute atomic E-state index is 0.145. The minimum atomic E-state index is -1.93. The molecular weight excluding hydrogens is 526 g/mol. The van der Waals surface area contributed by atoms with Gasteiger partial charge in [0.05, 0.1) is 18.2 Å². The highest BCUT2D eigenvalue weighted by molar-refractivity contribution is 7.71. The fraction of sp³-hybridized carbons (Fsp3) is 0.148. The summed E-state index contributed by atoms with van der Waals surface area (Å²) in [7, 11) is 0. The van der Waals surface area contributed by atoms with Crippen molar-refractivity contribution in [2.45, 2.75) is 25.1 Å². The quantitative estimate of drug-likeness (QED) is 0.171. The van der Waals surface area contributed by atoms with Crippen LogP contribution in [0, 0.1) is 16.4 Å². The molecule has 0 spiro atoms. The first kappa shape index (κ1) is 26.1. The van der Waals surface area contributed by atoms with Crippen molar-refractivity contribution in [3.05, 3.63) is 119 Å². The van der Waals surface area contributed by atoms with Gasteiger partial charge in [0.2, 0.25) is 4.77 Å². The number of hydrogen-bond acceptors (Lipinski definition) is 7. The summed E-state index contributed by atoms with van der Waals surface area (Å²) < 4.78 is 38.5. The van der Waals surface area contributed by atoms with Gasteiger partial charge in [-0.25, -0.2) is 27.9 Å². The fourth-order valence-electron chi connectivity index (χ4n) is 4.22. The van der Waals surface area contributed by atoms with Gasteiger partial charge in [-0.05, 0) is 61.6 Å². The van der Waals surface area contributed by atoms with E-state index in [2.05, 4.69) is 15.2 Å². The lowest BCUT2D eigenvalue weighted by Gasteiger charge is -2.34. The molecule has 2 heterocycles. The summed E-state index contributed by atoms with van der Waals surface area (Å²) in [6.07, 6.45) is 4.12. The van der Waals surface area contributed by atoms with Gasteiger partial charge in [0.15, 0.2) is 0 Å². The molecule has 0 amide bonds. The van der Waals surface area contributed by atoms with Gasteiger partial charge in [-0.2, -0.15) is 10.2 Å². The normalized spacial score (nSPS) is 13.5. The van der Waals surface area contributed by atoms with Crippen LogP contribution >= 0.6 is 12.2 Å². The van der Waals surface area contributed by atoms with E-state index in [0.29, 0.717) is 23.1 Å². The molecule has 0 saturated carbocycles. The first-order chi connectivity index (χ1) is 18.8. The maximum absolute atomic E-state index is 14.9. The molecule has 0 fully saturated rings. The Balaban J connectivity index is 1.44. The molecule has 0 aliphatic rings. The van der Waals surface area contributed by atoms with Crippen LogP contribution < -0.4 is 4.74 Å². The number of nitrogens with zero attached hydrogens (tertiary/aromatic N) is 6. The Morgan fingerprint density at radius 1 is 1.05 bits per heavy atom. The Morgan fingerprint density at radius 2 is 1.79 bits per heavy atom. The molecule has 0 aliphatic heterocycles. The largest absolute Gasteiger partial charge is 0.423 e. The molecule has 2 unspecified atom stereocenters. The smallest absolute Gasteiger partial charge is 0.343 e. The molecule has 2 aromatic heterocycles. The summed E-state index contributed by atoms with van der Waals surface area (Å²) in [4.78, 5) is 16.2. The molecule has 1 N–H and O–H groups in total. The maximum Gasteiger partial charge on any atom is 0.343 e. The van der Waals surface area contributed by atoms with Crippen molar-refractivity contribution in [1.29, 1.82) is 0 Å². The molecule has 0 aliphatic carbocycles. The van der Waals surface area contributed by atoms with Crippen molar-refractivity contribution in [2.75, 3.05) is 0 Å². The monoisotopic (exact) mass is 548 g/mol. The summed E-state index contributed by atoms with van der Waals surface area (Å²) in [6.45, 7) is 1.42. The topological polar surface area (TPSA) is 100.0 Å². The lowest BCUT2D eigenvalue weighted by Crippen LogP contribution is -2.41. The standard InChI is InChI=1S/C27H22F2N6O3S/c1-18(27(37,14-33-16-30-15-31-33)23-12-7-20(28)13-24(23)29)35-26(39)34(17-32-35)21-8-10-22(11-9-21)38-25(36)19-5-3-2-4-6-19/h2-13,15-18,37H,14H2,1H3. The van der Waals surface area contributed by atoms with Crippen molar-refractivity contribution in [1.82, 2.24) is 29.1 Å². The van der Waals surface area contributed by atoms with Crippen molar-refractivity contribution in [2.24, 2.45) is 0 Å². The second-order valence-corrected chi connectivity index (χ2v) is 9.16. The van der Waals surface area contributed by atoms with E-state index < -0.39 is 29.2 Å². The van der Waals surface area contributed by atoms with Crippen LogP contribution in [0.15, 0.2) is 91.8 Å². The van der Waals surface area contributed by atoms with Crippen LogP contribution in [0.3, 0.4) is 0 Å². The number of aromatic nitrogens is 6. The van der Waals surface area contributed by atoms with Gasteiger partial charge in [-0.1, -0.05) is 24.3 Å². The van der Waals surface area contributed by atoms with Gasteiger partial charge in [0.25, 0.3) is 0 Å². The number of halogens is 2. The Hall–Kier alpha value is -4.55. The lowest BCUT2D eigenvalue weighted by molar-refractivity contribution is -0.0375. The molecule has 12 heteroatoms. The highest BCUT2D eigenvalue weighted by Gasteiger charge is 2.41. The number of carbonyl (C=O) groups excluding carboxylic acids is 1. The Bertz CT molecular complexity index is 1660. The van der Waals surface area contributed by atoms with Crippen molar-refractivity contribution in [3.63, 3.8) is 0 Å².